The van der Waals surface area contributed by atoms with E-state index in [9.17, 15) is 15.3 Å². The number of anilines is 1. The molecule has 32 heavy (non-hydrogen) atoms. The van der Waals surface area contributed by atoms with E-state index in [0.29, 0.717) is 32.8 Å². The maximum absolute atomic E-state index is 12.5. The van der Waals surface area contributed by atoms with Crippen LogP contribution in [0.25, 0.3) is 6.08 Å². The number of nitrogens with zero attached hydrogens (tertiary/aromatic N) is 2. The molecule has 0 unspecified atom stereocenters. The number of carbonyl (C=O) groups is 1. The van der Waals surface area contributed by atoms with Crippen molar-refractivity contribution in [2.75, 3.05) is 12.4 Å². The van der Waals surface area contributed by atoms with Crippen LogP contribution >= 0.6 is 15.9 Å². The number of halogens is 1. The lowest BCUT2D eigenvalue weighted by atomic mass is 10.1. The predicted molar refractivity (Wildman–Crippen MR) is 125 cm³/mol. The van der Waals surface area contributed by atoms with Gasteiger partial charge in [0, 0.05) is 11.3 Å². The van der Waals surface area contributed by atoms with Gasteiger partial charge in [-0.25, -0.2) is 0 Å². The van der Waals surface area contributed by atoms with Gasteiger partial charge in [-0.2, -0.15) is 10.5 Å². The van der Waals surface area contributed by atoms with E-state index in [1.807, 2.05) is 18.2 Å². The van der Waals surface area contributed by atoms with Gasteiger partial charge in [-0.15, -0.1) is 0 Å². The molecule has 0 saturated heterocycles. The van der Waals surface area contributed by atoms with Crippen molar-refractivity contribution in [3.8, 4) is 23.6 Å². The molecule has 3 aromatic rings. The van der Waals surface area contributed by atoms with Crippen LogP contribution in [0, 0.1) is 22.7 Å². The Kier molecular flexibility index (Phi) is 7.64. The van der Waals surface area contributed by atoms with Gasteiger partial charge in [0.15, 0.2) is 0 Å². The van der Waals surface area contributed by atoms with Crippen molar-refractivity contribution in [1.29, 1.82) is 10.5 Å². The van der Waals surface area contributed by atoms with Crippen LogP contribution in [0.1, 0.15) is 16.7 Å². The molecule has 0 spiro atoms. The zero-order valence-corrected chi connectivity index (χ0v) is 18.7. The maximum atomic E-state index is 12.5. The molecule has 0 fully saturated rings. The van der Waals surface area contributed by atoms with E-state index in [1.165, 1.54) is 6.08 Å². The largest absolute Gasteiger partial charge is 0.497 e. The Morgan fingerprint density at radius 3 is 2.50 bits per heavy atom. The van der Waals surface area contributed by atoms with Crippen LogP contribution < -0.4 is 14.8 Å². The summed E-state index contributed by atoms with van der Waals surface area (Å²) in [6.07, 6.45) is 1.50. The molecule has 0 bridgehead atoms. The smallest absolute Gasteiger partial charge is 0.266 e. The van der Waals surface area contributed by atoms with Gasteiger partial charge in [0.25, 0.3) is 5.91 Å². The highest BCUT2D eigenvalue weighted by atomic mass is 79.9. The van der Waals surface area contributed by atoms with E-state index < -0.39 is 5.91 Å². The first-order valence-corrected chi connectivity index (χ1v) is 10.3. The minimum atomic E-state index is -0.512. The highest BCUT2D eigenvalue weighted by molar-refractivity contribution is 9.10. The highest BCUT2D eigenvalue weighted by Crippen LogP contribution is 2.28. The normalized spacial score (nSPS) is 10.6. The van der Waals surface area contributed by atoms with E-state index in [2.05, 4.69) is 27.3 Å². The quantitative estimate of drug-likeness (QED) is 0.352. The molecular formula is C25H18BrN3O3. The average molecular weight is 488 g/mol. The third-order valence-corrected chi connectivity index (χ3v) is 5.12. The number of nitriles is 2. The molecule has 0 heterocycles. The molecule has 0 atom stereocenters. The van der Waals surface area contributed by atoms with Crippen LogP contribution in [0.15, 0.2) is 76.8 Å². The third kappa shape index (κ3) is 5.75. The number of rotatable bonds is 7. The maximum Gasteiger partial charge on any atom is 0.266 e. The molecule has 158 valence electrons. The van der Waals surface area contributed by atoms with Gasteiger partial charge >= 0.3 is 0 Å². The summed E-state index contributed by atoms with van der Waals surface area (Å²) in [4.78, 5) is 12.5. The number of carbonyl (C=O) groups excluding carboxylic acids is 1. The summed E-state index contributed by atoms with van der Waals surface area (Å²) in [7, 11) is 1.56. The number of nitrogens with one attached hydrogen (secondary N) is 1. The van der Waals surface area contributed by atoms with Crippen LogP contribution in [0.4, 0.5) is 5.69 Å². The van der Waals surface area contributed by atoms with Gasteiger partial charge in [0.05, 0.1) is 23.2 Å². The van der Waals surface area contributed by atoms with Gasteiger partial charge in [0.2, 0.25) is 0 Å². The van der Waals surface area contributed by atoms with E-state index in [1.54, 1.807) is 61.7 Å². The Bertz CT molecular complexity index is 1240. The summed E-state index contributed by atoms with van der Waals surface area (Å²) in [6, 6.07) is 23.4. The first-order valence-electron chi connectivity index (χ1n) is 9.51. The van der Waals surface area contributed by atoms with Crippen molar-refractivity contribution in [2.45, 2.75) is 6.61 Å². The highest BCUT2D eigenvalue weighted by Gasteiger charge is 2.11. The first kappa shape index (κ1) is 22.6. The van der Waals surface area contributed by atoms with Crippen molar-refractivity contribution < 1.29 is 14.3 Å². The van der Waals surface area contributed by atoms with Gasteiger partial charge in [-0.1, -0.05) is 24.3 Å². The fourth-order valence-electron chi connectivity index (χ4n) is 2.82. The van der Waals surface area contributed by atoms with Crippen molar-refractivity contribution in [1.82, 2.24) is 0 Å². The van der Waals surface area contributed by atoms with E-state index in [-0.39, 0.29) is 12.2 Å². The Balaban J connectivity index is 1.71. The summed E-state index contributed by atoms with van der Waals surface area (Å²) in [5.74, 6) is 0.737. The fourth-order valence-corrected chi connectivity index (χ4v) is 3.33. The summed E-state index contributed by atoms with van der Waals surface area (Å²) >= 11 is 3.46. The molecule has 1 N–H and O–H groups in total. The Hall–Kier alpha value is -4.07. The predicted octanol–water partition coefficient (Wildman–Crippen LogP) is 5.45. The molecule has 3 rings (SSSR count). The summed E-state index contributed by atoms with van der Waals surface area (Å²) in [6.45, 7) is 0.241. The standard InChI is InChI=1S/C25H18BrN3O3/c1-31-22-9-7-21(8-10-22)29-25(30)20(15-28)12-17-6-11-24(23(26)13-17)32-16-19-5-3-2-4-18(19)14-27/h2-13H,16H2,1H3,(H,29,30)/b20-12-. The van der Waals surface area contributed by atoms with Crippen molar-refractivity contribution in [3.05, 3.63) is 93.5 Å². The van der Waals surface area contributed by atoms with Gasteiger partial charge in [0.1, 0.15) is 29.7 Å². The molecular weight excluding hydrogens is 470 g/mol. The zero-order chi connectivity index (χ0) is 22.9. The minimum Gasteiger partial charge on any atom is -0.497 e. The van der Waals surface area contributed by atoms with Crippen molar-refractivity contribution in [3.63, 3.8) is 0 Å². The van der Waals surface area contributed by atoms with E-state index in [0.717, 1.165) is 5.56 Å². The molecule has 0 radical (unpaired) electrons. The molecule has 0 aromatic heterocycles. The molecule has 6 nitrogen and oxygen atoms in total. The summed E-state index contributed by atoms with van der Waals surface area (Å²) < 4.78 is 11.6. The Labute approximate surface area is 194 Å². The number of amides is 1. The Morgan fingerprint density at radius 2 is 1.84 bits per heavy atom. The van der Waals surface area contributed by atoms with Crippen LogP contribution in [0.3, 0.4) is 0 Å². The van der Waals surface area contributed by atoms with Crippen LogP contribution in [0.2, 0.25) is 0 Å². The molecule has 3 aromatic carbocycles. The van der Waals surface area contributed by atoms with Crippen LogP contribution in [0.5, 0.6) is 11.5 Å². The van der Waals surface area contributed by atoms with Gasteiger partial charge in [-0.05, 0) is 70.0 Å². The number of hydrogen-bond acceptors (Lipinski definition) is 5. The second-order valence-corrected chi connectivity index (χ2v) is 7.45. The second-order valence-electron chi connectivity index (χ2n) is 6.60. The molecule has 0 saturated carbocycles. The SMILES string of the molecule is COc1ccc(NC(=O)/C(C#N)=C\c2ccc(OCc3ccccc3C#N)c(Br)c2)cc1. The lowest BCUT2D eigenvalue weighted by molar-refractivity contribution is -0.112. The zero-order valence-electron chi connectivity index (χ0n) is 17.1. The molecule has 0 aliphatic rings. The number of hydrogen-bond donors (Lipinski definition) is 1. The molecule has 1 amide bonds. The van der Waals surface area contributed by atoms with Gasteiger partial charge < -0.3 is 14.8 Å². The van der Waals surface area contributed by atoms with Gasteiger partial charge in [-0.3, -0.25) is 4.79 Å². The van der Waals surface area contributed by atoms with Crippen LogP contribution in [-0.4, -0.2) is 13.0 Å². The lowest BCUT2D eigenvalue weighted by Crippen LogP contribution is -2.13. The molecule has 0 aliphatic heterocycles. The molecule has 0 aliphatic carbocycles. The number of benzene rings is 3. The number of methoxy groups -OCH3 is 1. The lowest BCUT2D eigenvalue weighted by Gasteiger charge is -2.10. The fraction of sp³-hybridized carbons (Fsp3) is 0.0800. The van der Waals surface area contributed by atoms with E-state index in [4.69, 9.17) is 9.47 Å². The first-order chi connectivity index (χ1) is 15.5. The average Bonchev–Trinajstić information content (AvgIpc) is 2.82. The van der Waals surface area contributed by atoms with Crippen molar-refractivity contribution >= 4 is 33.6 Å². The minimum absolute atomic E-state index is 0.0377. The number of ether oxygens (including phenoxy) is 2. The van der Waals surface area contributed by atoms with Crippen LogP contribution in [-0.2, 0) is 11.4 Å². The topological polar surface area (TPSA) is 95.1 Å². The second kappa shape index (κ2) is 10.8. The van der Waals surface area contributed by atoms with E-state index >= 15 is 0 Å². The summed E-state index contributed by atoms with van der Waals surface area (Å²) in [5, 5.41) is 21.3. The Morgan fingerprint density at radius 1 is 1.09 bits per heavy atom. The monoisotopic (exact) mass is 487 g/mol. The third-order valence-electron chi connectivity index (χ3n) is 4.50. The van der Waals surface area contributed by atoms with Crippen molar-refractivity contribution in [2.24, 2.45) is 0 Å². The molecule has 7 heteroatoms. The summed E-state index contributed by atoms with van der Waals surface area (Å²) in [5.41, 5.74) is 2.52.